The quantitative estimate of drug-likeness (QED) is 0.172. The van der Waals surface area contributed by atoms with E-state index in [2.05, 4.69) is 134 Å². The van der Waals surface area contributed by atoms with E-state index in [-0.39, 0.29) is 10.8 Å². The topological polar surface area (TPSA) is 0 Å². The number of allylic oxidation sites excluding steroid dienone is 6. The summed E-state index contributed by atoms with van der Waals surface area (Å²) in [5.41, 5.74) is 20.3. The average Bonchev–Trinajstić information content (AvgIpc) is 3.77. The molecule has 1 spiro atoms. The molecule has 274 valence electrons. The van der Waals surface area contributed by atoms with Gasteiger partial charge in [0.2, 0.25) is 0 Å². The third kappa shape index (κ3) is 4.85. The van der Waals surface area contributed by atoms with Crippen LogP contribution in [0.5, 0.6) is 0 Å². The molecule has 53 heavy (non-hydrogen) atoms. The first kappa shape index (κ1) is 35.1. The molecule has 0 bridgehead atoms. The van der Waals surface area contributed by atoms with Gasteiger partial charge in [-0.15, -0.1) is 0 Å². The van der Waals surface area contributed by atoms with Crippen molar-refractivity contribution in [3.63, 3.8) is 0 Å². The Morgan fingerprint density at radius 3 is 2.08 bits per heavy atom. The summed E-state index contributed by atoms with van der Waals surface area (Å²) in [6.07, 6.45) is 18.4. The fourth-order valence-electron chi connectivity index (χ4n) is 12.9. The highest BCUT2D eigenvalue weighted by Gasteiger charge is 2.57. The van der Waals surface area contributed by atoms with Crippen molar-refractivity contribution in [3.8, 4) is 11.1 Å². The number of rotatable bonds is 8. The fourth-order valence-corrected chi connectivity index (χ4v) is 12.9. The number of hydrogen-bond donors (Lipinski definition) is 0. The maximum atomic E-state index is 2.92. The van der Waals surface area contributed by atoms with Gasteiger partial charge in [0.1, 0.15) is 0 Å². The second-order valence-electron chi connectivity index (χ2n) is 18.4. The summed E-state index contributed by atoms with van der Waals surface area (Å²) in [5.74, 6) is 2.79. The molecule has 9 rings (SSSR count). The molecular weight excluding hydrogens is 637 g/mol. The van der Waals surface area contributed by atoms with Gasteiger partial charge >= 0.3 is 0 Å². The van der Waals surface area contributed by atoms with Crippen LogP contribution in [0.15, 0.2) is 90.0 Å². The predicted molar refractivity (Wildman–Crippen MR) is 229 cm³/mol. The highest BCUT2D eigenvalue weighted by molar-refractivity contribution is 6.10. The van der Waals surface area contributed by atoms with Gasteiger partial charge in [0, 0.05) is 16.7 Å². The van der Waals surface area contributed by atoms with Gasteiger partial charge in [-0.1, -0.05) is 153 Å². The zero-order chi connectivity index (χ0) is 36.8. The van der Waals surface area contributed by atoms with Gasteiger partial charge in [-0.2, -0.15) is 0 Å². The van der Waals surface area contributed by atoms with Crippen LogP contribution in [-0.4, -0.2) is 0 Å². The molecule has 0 heteroatoms. The van der Waals surface area contributed by atoms with Gasteiger partial charge in [-0.25, -0.2) is 0 Å². The summed E-state index contributed by atoms with van der Waals surface area (Å²) in [4.78, 5) is 0. The minimum absolute atomic E-state index is 0.0833. The van der Waals surface area contributed by atoms with Crippen LogP contribution in [0, 0.1) is 23.7 Å². The molecule has 4 aromatic carbocycles. The second-order valence-corrected chi connectivity index (χ2v) is 18.4. The third-order valence-corrected chi connectivity index (χ3v) is 15.2. The first-order valence-electron chi connectivity index (χ1n) is 21.7. The lowest BCUT2D eigenvalue weighted by Gasteiger charge is -2.50. The van der Waals surface area contributed by atoms with Gasteiger partial charge in [0.05, 0.1) is 0 Å². The van der Waals surface area contributed by atoms with Crippen molar-refractivity contribution in [2.24, 2.45) is 23.7 Å². The Hall–Kier alpha value is -3.64. The molecule has 5 aliphatic carbocycles. The van der Waals surface area contributed by atoms with E-state index in [4.69, 9.17) is 0 Å². The Balaban J connectivity index is 1.44. The van der Waals surface area contributed by atoms with Crippen LogP contribution in [0.1, 0.15) is 158 Å². The molecule has 0 N–H and O–H groups in total. The average molecular weight is 699 g/mol. The maximum Gasteiger partial charge on any atom is 0.0474 e. The Labute approximate surface area is 320 Å². The summed E-state index contributed by atoms with van der Waals surface area (Å²) in [6, 6.07) is 26.9. The minimum Gasteiger partial charge on any atom is -0.0654 e. The second kappa shape index (κ2) is 13.0. The Morgan fingerprint density at radius 2 is 1.38 bits per heavy atom. The van der Waals surface area contributed by atoms with Gasteiger partial charge in [-0.3, -0.25) is 0 Å². The maximum absolute atomic E-state index is 2.92. The molecule has 0 aliphatic heterocycles. The third-order valence-electron chi connectivity index (χ3n) is 15.2. The lowest BCUT2D eigenvalue weighted by molar-refractivity contribution is 0.210. The molecule has 2 unspecified atom stereocenters. The van der Waals surface area contributed by atoms with Crippen molar-refractivity contribution in [3.05, 3.63) is 129 Å². The van der Waals surface area contributed by atoms with Crippen molar-refractivity contribution in [2.45, 2.75) is 136 Å². The SMILES string of the molecule is CCC(CC)C1=CC2(c3ccc4c(c3-c3cc(C(C)C)c5ccccc5c32)C(C)(C)C2=C4Cc3ccccc32)C(C2CCCCC2)C(C(CC)CC)=C1. The standard InChI is InChI=1S/C53H62/c1-9-33(10-2)37-29-43(34(11-3)12-4)48(35-20-14-13-15-21-35)53(31-37)46-27-26-41-44-28-36-22-16-17-23-38(36)49(44)52(7,8)51(41)47(46)45-30-42(32(5)6)39-24-18-19-25-40(39)50(45)53/h16-19,22-27,29-35,48H,9-15,20-21,28H2,1-8H3. The summed E-state index contributed by atoms with van der Waals surface area (Å²) >= 11 is 0. The van der Waals surface area contributed by atoms with E-state index in [0.29, 0.717) is 29.6 Å². The van der Waals surface area contributed by atoms with E-state index in [0.717, 1.165) is 6.42 Å². The normalized spacial score (nSPS) is 22.8. The predicted octanol–water partition coefficient (Wildman–Crippen LogP) is 14.9. The molecule has 0 amide bonds. The van der Waals surface area contributed by atoms with E-state index in [1.54, 1.807) is 50.1 Å². The lowest BCUT2D eigenvalue weighted by Crippen LogP contribution is -2.43. The van der Waals surface area contributed by atoms with Crippen LogP contribution >= 0.6 is 0 Å². The molecule has 5 aliphatic rings. The van der Waals surface area contributed by atoms with Crippen molar-refractivity contribution >= 4 is 21.9 Å². The van der Waals surface area contributed by atoms with E-state index in [1.807, 2.05) is 0 Å². The molecule has 1 fully saturated rings. The highest BCUT2D eigenvalue weighted by atomic mass is 14.6. The van der Waals surface area contributed by atoms with E-state index in [9.17, 15) is 0 Å². The number of benzene rings is 4. The van der Waals surface area contributed by atoms with Crippen LogP contribution in [0.25, 0.3) is 33.0 Å². The molecule has 2 atom stereocenters. The van der Waals surface area contributed by atoms with Gasteiger partial charge in [0.25, 0.3) is 0 Å². The summed E-state index contributed by atoms with van der Waals surface area (Å²) in [5, 5.41) is 2.98. The molecule has 0 radical (unpaired) electrons. The van der Waals surface area contributed by atoms with Gasteiger partial charge < -0.3 is 0 Å². The first-order valence-corrected chi connectivity index (χ1v) is 21.7. The number of hydrogen-bond acceptors (Lipinski definition) is 0. The van der Waals surface area contributed by atoms with Crippen molar-refractivity contribution < 1.29 is 0 Å². The summed E-state index contributed by atoms with van der Waals surface area (Å²) < 4.78 is 0. The highest BCUT2D eigenvalue weighted by Crippen LogP contribution is 2.68. The van der Waals surface area contributed by atoms with Crippen molar-refractivity contribution in [1.29, 1.82) is 0 Å². The molecular formula is C53H62. The van der Waals surface area contributed by atoms with E-state index >= 15 is 0 Å². The monoisotopic (exact) mass is 698 g/mol. The minimum atomic E-state index is -0.192. The molecule has 4 aromatic rings. The summed E-state index contributed by atoms with van der Waals surface area (Å²) in [7, 11) is 0. The Morgan fingerprint density at radius 1 is 0.698 bits per heavy atom. The molecule has 0 nitrogen and oxygen atoms in total. The zero-order valence-corrected chi connectivity index (χ0v) is 34.0. The largest absolute Gasteiger partial charge is 0.0654 e. The fraction of sp³-hybridized carbons (Fsp3) is 0.472. The molecule has 0 saturated heterocycles. The zero-order valence-electron chi connectivity index (χ0n) is 34.0. The van der Waals surface area contributed by atoms with Gasteiger partial charge in [-0.05, 0) is 152 Å². The molecule has 0 heterocycles. The van der Waals surface area contributed by atoms with Crippen LogP contribution in [0.2, 0.25) is 0 Å². The van der Waals surface area contributed by atoms with Crippen molar-refractivity contribution in [1.82, 2.24) is 0 Å². The van der Waals surface area contributed by atoms with Crippen LogP contribution < -0.4 is 0 Å². The van der Waals surface area contributed by atoms with Crippen LogP contribution in [-0.2, 0) is 17.3 Å². The summed E-state index contributed by atoms with van der Waals surface area (Å²) in [6.45, 7) is 19.7. The first-order chi connectivity index (χ1) is 25.7. The number of fused-ring (bicyclic) bond motifs is 12. The van der Waals surface area contributed by atoms with E-state index < -0.39 is 0 Å². The van der Waals surface area contributed by atoms with Crippen LogP contribution in [0.3, 0.4) is 0 Å². The molecule has 0 aromatic heterocycles. The van der Waals surface area contributed by atoms with E-state index in [1.165, 1.54) is 90.8 Å². The van der Waals surface area contributed by atoms with Crippen LogP contribution in [0.4, 0.5) is 0 Å². The molecule has 1 saturated carbocycles. The Bertz CT molecular complexity index is 2200. The smallest absolute Gasteiger partial charge is 0.0474 e. The Kier molecular flexibility index (Phi) is 8.60. The lowest BCUT2D eigenvalue weighted by atomic mass is 9.53. The van der Waals surface area contributed by atoms with Crippen molar-refractivity contribution in [2.75, 3.05) is 0 Å². The van der Waals surface area contributed by atoms with Gasteiger partial charge in [0.15, 0.2) is 0 Å².